The van der Waals surface area contributed by atoms with E-state index < -0.39 is 0 Å². The minimum absolute atomic E-state index is 0. The van der Waals surface area contributed by atoms with Crippen LogP contribution in [0.4, 0.5) is 0 Å². The molecule has 3 fully saturated rings. The maximum absolute atomic E-state index is 2.50. The normalized spacial score (nSPS) is 50.8. The van der Waals surface area contributed by atoms with Gasteiger partial charge in [-0.2, -0.15) is 0 Å². The van der Waals surface area contributed by atoms with Crippen molar-refractivity contribution in [1.82, 2.24) is 0 Å². The summed E-state index contributed by atoms with van der Waals surface area (Å²) in [5, 5.41) is 0. The van der Waals surface area contributed by atoms with E-state index in [9.17, 15) is 0 Å². The second-order valence-corrected chi connectivity index (χ2v) is 5.61. The predicted octanol–water partition coefficient (Wildman–Crippen LogP) is -0.438. The third-order valence-corrected chi connectivity index (χ3v) is 5.19. The van der Waals surface area contributed by atoms with E-state index in [0.29, 0.717) is 0 Å². The smallest absolute Gasteiger partial charge is 0.0920 e. The van der Waals surface area contributed by atoms with E-state index in [-0.39, 0.29) is 12.4 Å². The van der Waals surface area contributed by atoms with Crippen molar-refractivity contribution < 1.29 is 16.9 Å². The zero-order valence-corrected chi connectivity index (χ0v) is 9.97. The Hall–Kier alpha value is 0.250. The lowest BCUT2D eigenvalue weighted by atomic mass is 9.85. The zero-order valence-electron chi connectivity index (χ0n) is 9.21. The van der Waals surface area contributed by atoms with Gasteiger partial charge in [0.05, 0.1) is 25.2 Å². The van der Waals surface area contributed by atoms with Crippen molar-refractivity contribution in [2.45, 2.75) is 57.5 Å². The molecule has 0 N–H and O–H groups in total. The second kappa shape index (κ2) is 3.68. The van der Waals surface area contributed by atoms with Gasteiger partial charge in [0.2, 0.25) is 0 Å². The Bertz CT molecular complexity index is 214. The van der Waals surface area contributed by atoms with Gasteiger partial charge >= 0.3 is 0 Å². The summed E-state index contributed by atoms with van der Waals surface area (Å²) in [5.41, 5.74) is 0. The summed E-state index contributed by atoms with van der Waals surface area (Å²) in [5.74, 6) is 1.02. The van der Waals surface area contributed by atoms with E-state index in [1.165, 1.54) is 45.2 Å². The molecule has 0 aromatic rings. The van der Waals surface area contributed by atoms with Gasteiger partial charge in [0.1, 0.15) is 0 Å². The van der Waals surface area contributed by atoms with E-state index in [0.717, 1.165) is 18.0 Å². The van der Waals surface area contributed by atoms with E-state index in [1.54, 1.807) is 10.9 Å². The predicted molar refractivity (Wildman–Crippen MR) is 54.4 cm³/mol. The highest BCUT2D eigenvalue weighted by Crippen LogP contribution is 2.46. The molecule has 3 saturated heterocycles. The topological polar surface area (TPSA) is 0 Å². The quantitative estimate of drug-likeness (QED) is 0.481. The first-order chi connectivity index (χ1) is 6.33. The van der Waals surface area contributed by atoms with Crippen LogP contribution in [-0.2, 0) is 0 Å². The first-order valence-electron chi connectivity index (χ1n) is 6.19. The van der Waals surface area contributed by atoms with Gasteiger partial charge in [-0.1, -0.05) is 6.92 Å². The lowest BCUT2D eigenvalue weighted by Crippen LogP contribution is -3.00. The van der Waals surface area contributed by atoms with Crippen LogP contribution < -0.4 is 12.4 Å². The van der Waals surface area contributed by atoms with Gasteiger partial charge in [-0.05, 0) is 12.8 Å². The van der Waals surface area contributed by atoms with Crippen LogP contribution in [0.5, 0.6) is 0 Å². The van der Waals surface area contributed by atoms with Crippen LogP contribution in [0.1, 0.15) is 45.4 Å². The summed E-state index contributed by atoms with van der Waals surface area (Å²) < 4.78 is 1.57. The highest BCUT2D eigenvalue weighted by Gasteiger charge is 2.54. The number of halogens is 1. The monoisotopic (exact) mass is 215 g/mol. The van der Waals surface area contributed by atoms with E-state index >= 15 is 0 Å². The number of hydrogen-bond acceptors (Lipinski definition) is 0. The maximum Gasteiger partial charge on any atom is 0.0920 e. The highest BCUT2D eigenvalue weighted by atomic mass is 35.5. The van der Waals surface area contributed by atoms with Crippen molar-refractivity contribution in [3.8, 4) is 0 Å². The van der Waals surface area contributed by atoms with Crippen molar-refractivity contribution in [2.24, 2.45) is 5.92 Å². The third-order valence-electron chi connectivity index (χ3n) is 5.19. The molecule has 3 heterocycles. The van der Waals surface area contributed by atoms with Crippen LogP contribution in [0.15, 0.2) is 0 Å². The first kappa shape index (κ1) is 10.8. The fraction of sp³-hybridized carbons (Fsp3) is 1.00. The molecule has 3 aliphatic heterocycles. The van der Waals surface area contributed by atoms with Crippen LogP contribution >= 0.6 is 0 Å². The average Bonchev–Trinajstić information content (AvgIpc) is 2.70. The van der Waals surface area contributed by atoms with E-state index in [1.807, 2.05) is 0 Å². The van der Waals surface area contributed by atoms with Crippen LogP contribution in [0, 0.1) is 5.92 Å². The highest BCUT2D eigenvalue weighted by molar-refractivity contribution is 4.85. The molecule has 1 spiro atoms. The molecule has 1 nitrogen and oxygen atoms in total. The zero-order chi connectivity index (χ0) is 8.89. The summed E-state index contributed by atoms with van der Waals surface area (Å²) in [4.78, 5) is 0. The van der Waals surface area contributed by atoms with Crippen molar-refractivity contribution in [3.63, 3.8) is 0 Å². The van der Waals surface area contributed by atoms with Crippen molar-refractivity contribution in [2.75, 3.05) is 13.1 Å². The van der Waals surface area contributed by atoms with Crippen LogP contribution in [-0.4, -0.2) is 29.7 Å². The molecule has 0 radical (unpaired) electrons. The summed E-state index contributed by atoms with van der Waals surface area (Å²) >= 11 is 0. The van der Waals surface area contributed by atoms with Gasteiger partial charge in [0, 0.05) is 31.6 Å². The number of nitrogens with zero attached hydrogens (tertiary/aromatic N) is 1. The number of piperidine rings is 1. The molecule has 0 aromatic carbocycles. The minimum Gasteiger partial charge on any atom is -1.00 e. The van der Waals surface area contributed by atoms with Crippen LogP contribution in [0.25, 0.3) is 0 Å². The Balaban J connectivity index is 0.000000750. The van der Waals surface area contributed by atoms with Gasteiger partial charge in [0.25, 0.3) is 0 Å². The molecule has 2 heteroatoms. The molecule has 4 atom stereocenters. The van der Waals surface area contributed by atoms with Crippen molar-refractivity contribution in [3.05, 3.63) is 0 Å². The number of hydrogen-bond donors (Lipinski definition) is 0. The Morgan fingerprint density at radius 3 is 2.43 bits per heavy atom. The molecule has 0 saturated carbocycles. The van der Waals surface area contributed by atoms with Gasteiger partial charge in [0.15, 0.2) is 0 Å². The SMILES string of the molecule is C[C@@H]1CC[C@H]2CCC[N+]23CCC[C@@H]13.[Cl-]. The molecule has 14 heavy (non-hydrogen) atoms. The van der Waals surface area contributed by atoms with Crippen LogP contribution in [0.3, 0.4) is 0 Å². The Morgan fingerprint density at radius 1 is 0.929 bits per heavy atom. The maximum atomic E-state index is 2.50. The second-order valence-electron chi connectivity index (χ2n) is 5.61. The molecular weight excluding hydrogens is 194 g/mol. The largest absolute Gasteiger partial charge is 1.00 e. The number of rotatable bonds is 0. The lowest BCUT2D eigenvalue weighted by molar-refractivity contribution is -0.958. The summed E-state index contributed by atoms with van der Waals surface area (Å²) in [7, 11) is 0. The average molecular weight is 216 g/mol. The van der Waals surface area contributed by atoms with Gasteiger partial charge in [-0.25, -0.2) is 0 Å². The minimum atomic E-state index is 0. The molecule has 1 unspecified atom stereocenters. The molecule has 0 aromatic heterocycles. The molecule has 0 amide bonds. The number of quaternary nitrogens is 1. The fourth-order valence-electron chi connectivity index (χ4n) is 4.65. The summed E-state index contributed by atoms with van der Waals surface area (Å²) in [6.45, 7) is 5.56. The Kier molecular flexibility index (Phi) is 2.83. The molecular formula is C12H22ClN. The first-order valence-corrected chi connectivity index (χ1v) is 6.19. The Morgan fingerprint density at radius 2 is 1.64 bits per heavy atom. The molecule has 3 rings (SSSR count). The van der Waals surface area contributed by atoms with Crippen molar-refractivity contribution >= 4 is 0 Å². The standard InChI is InChI=1S/C12H22N.ClH/c1-10-6-7-11-4-2-8-13(11)9-3-5-12(10)13;/h10-12H,2-9H2,1H3;1H/q+1;/p-1/t10-,11-,12+,13?;/m1./s1. The van der Waals surface area contributed by atoms with Gasteiger partial charge in [-0.3, -0.25) is 0 Å². The molecule has 0 bridgehead atoms. The summed E-state index contributed by atoms with van der Waals surface area (Å²) in [6, 6.07) is 2.16. The van der Waals surface area contributed by atoms with E-state index in [4.69, 9.17) is 0 Å². The molecule has 0 aliphatic carbocycles. The molecule has 82 valence electrons. The van der Waals surface area contributed by atoms with E-state index in [2.05, 4.69) is 6.92 Å². The van der Waals surface area contributed by atoms with Crippen LogP contribution in [0.2, 0.25) is 0 Å². The lowest BCUT2D eigenvalue weighted by Gasteiger charge is -2.48. The molecule has 3 aliphatic rings. The van der Waals surface area contributed by atoms with Crippen molar-refractivity contribution in [1.29, 1.82) is 0 Å². The van der Waals surface area contributed by atoms with Gasteiger partial charge in [-0.15, -0.1) is 0 Å². The Labute approximate surface area is 93.9 Å². The summed E-state index contributed by atoms with van der Waals surface area (Å²) in [6.07, 6.45) is 9.19. The fourth-order valence-corrected chi connectivity index (χ4v) is 4.65. The third kappa shape index (κ3) is 1.25. The van der Waals surface area contributed by atoms with Gasteiger partial charge < -0.3 is 16.9 Å².